The summed E-state index contributed by atoms with van der Waals surface area (Å²) in [5.41, 5.74) is 2.59. The van der Waals surface area contributed by atoms with Crippen molar-refractivity contribution in [2.75, 3.05) is 45.0 Å². The van der Waals surface area contributed by atoms with Crippen LogP contribution in [0.25, 0.3) is 0 Å². The highest BCUT2D eigenvalue weighted by molar-refractivity contribution is 7.09. The van der Waals surface area contributed by atoms with Gasteiger partial charge in [0.2, 0.25) is 11.1 Å². The second kappa shape index (κ2) is 6.87. The molecule has 0 saturated heterocycles. The van der Waals surface area contributed by atoms with E-state index in [2.05, 4.69) is 64.9 Å². The van der Waals surface area contributed by atoms with E-state index in [1.54, 1.807) is 0 Å². The van der Waals surface area contributed by atoms with Crippen molar-refractivity contribution >= 4 is 22.6 Å². The highest BCUT2D eigenvalue weighted by Gasteiger charge is 2.15. The molecule has 114 valence electrons. The summed E-state index contributed by atoms with van der Waals surface area (Å²) < 4.78 is 4.31. The third-order valence-corrected chi connectivity index (χ3v) is 3.98. The Bertz CT molecular complexity index is 579. The molecule has 0 fully saturated rings. The van der Waals surface area contributed by atoms with Gasteiger partial charge in [-0.05, 0) is 26.6 Å². The summed E-state index contributed by atoms with van der Waals surface area (Å²) in [7, 11) is 8.09. The first-order valence-electron chi connectivity index (χ1n) is 6.95. The Morgan fingerprint density at radius 2 is 2.00 bits per heavy atom. The van der Waals surface area contributed by atoms with E-state index in [1.165, 1.54) is 22.7 Å². The molecule has 2 aromatic rings. The second-order valence-electron chi connectivity index (χ2n) is 5.57. The number of nitrogens with one attached hydrogen (secondary N) is 1. The number of rotatable bonds is 6. The van der Waals surface area contributed by atoms with E-state index in [-0.39, 0.29) is 0 Å². The van der Waals surface area contributed by atoms with Crippen LogP contribution in [0.2, 0.25) is 0 Å². The van der Waals surface area contributed by atoms with Gasteiger partial charge in [0, 0.05) is 32.2 Å². The quantitative estimate of drug-likeness (QED) is 0.889. The van der Waals surface area contributed by atoms with Crippen LogP contribution in [0.4, 0.5) is 11.1 Å². The highest BCUT2D eigenvalue weighted by atomic mass is 32.1. The molecule has 0 spiro atoms. The fourth-order valence-electron chi connectivity index (χ4n) is 2.13. The monoisotopic (exact) mass is 305 g/mol. The van der Waals surface area contributed by atoms with E-state index in [1.807, 2.05) is 19.0 Å². The molecule has 0 aliphatic heterocycles. The van der Waals surface area contributed by atoms with E-state index in [0.29, 0.717) is 6.04 Å². The molecule has 1 heterocycles. The zero-order chi connectivity index (χ0) is 15.4. The summed E-state index contributed by atoms with van der Waals surface area (Å²) in [5, 5.41) is 4.26. The van der Waals surface area contributed by atoms with Crippen LogP contribution < -0.4 is 10.2 Å². The van der Waals surface area contributed by atoms with Gasteiger partial charge in [-0.15, -0.1) is 0 Å². The van der Waals surface area contributed by atoms with Crippen molar-refractivity contribution < 1.29 is 0 Å². The first-order valence-corrected chi connectivity index (χ1v) is 7.72. The number of aromatic nitrogens is 2. The molecule has 2 rings (SSSR count). The van der Waals surface area contributed by atoms with Crippen LogP contribution in [0.15, 0.2) is 24.3 Å². The lowest BCUT2D eigenvalue weighted by Crippen LogP contribution is -2.26. The zero-order valence-corrected chi connectivity index (χ0v) is 14.1. The van der Waals surface area contributed by atoms with Crippen molar-refractivity contribution in [2.45, 2.75) is 13.0 Å². The summed E-state index contributed by atoms with van der Waals surface area (Å²) in [5.74, 6) is 0.749. The topological polar surface area (TPSA) is 44.3 Å². The van der Waals surface area contributed by atoms with Crippen molar-refractivity contribution in [3.05, 3.63) is 35.4 Å². The van der Waals surface area contributed by atoms with Crippen LogP contribution in [0, 0.1) is 6.92 Å². The summed E-state index contributed by atoms with van der Waals surface area (Å²) in [6.07, 6.45) is 0. The van der Waals surface area contributed by atoms with Gasteiger partial charge >= 0.3 is 0 Å². The molecule has 1 aromatic heterocycles. The summed E-state index contributed by atoms with van der Waals surface area (Å²) in [4.78, 5) is 8.58. The van der Waals surface area contributed by atoms with Crippen molar-refractivity contribution in [1.82, 2.24) is 14.3 Å². The predicted molar refractivity (Wildman–Crippen MR) is 90.3 cm³/mol. The fraction of sp³-hybridized carbons (Fsp3) is 0.467. The van der Waals surface area contributed by atoms with Gasteiger partial charge in [-0.1, -0.05) is 29.8 Å². The van der Waals surface area contributed by atoms with Crippen molar-refractivity contribution in [2.24, 2.45) is 0 Å². The van der Waals surface area contributed by atoms with Gasteiger partial charge in [0.1, 0.15) is 0 Å². The Morgan fingerprint density at radius 3 is 2.57 bits per heavy atom. The summed E-state index contributed by atoms with van der Waals surface area (Å²) in [6.45, 7) is 2.93. The largest absolute Gasteiger partial charge is 0.358 e. The molecule has 0 saturated carbocycles. The molecule has 1 unspecified atom stereocenters. The molecule has 0 radical (unpaired) electrons. The average Bonchev–Trinajstić information content (AvgIpc) is 2.87. The van der Waals surface area contributed by atoms with Crippen LogP contribution in [0.5, 0.6) is 0 Å². The zero-order valence-electron chi connectivity index (χ0n) is 13.3. The number of nitrogens with zero attached hydrogens (tertiary/aromatic N) is 4. The van der Waals surface area contributed by atoms with Crippen LogP contribution >= 0.6 is 11.5 Å². The van der Waals surface area contributed by atoms with Gasteiger partial charge in [0.05, 0.1) is 6.04 Å². The van der Waals surface area contributed by atoms with Crippen LogP contribution in [0.3, 0.4) is 0 Å². The Kier molecular flexibility index (Phi) is 5.14. The molecule has 0 amide bonds. The maximum absolute atomic E-state index is 4.46. The minimum atomic E-state index is 0.302. The molecule has 0 aliphatic rings. The maximum atomic E-state index is 4.46. The molecular weight excluding hydrogens is 282 g/mol. The predicted octanol–water partition coefficient (Wildman–Crippen LogP) is 2.63. The average molecular weight is 305 g/mol. The lowest BCUT2D eigenvalue weighted by atomic mass is 10.0. The van der Waals surface area contributed by atoms with Gasteiger partial charge in [0.15, 0.2) is 0 Å². The Labute approximate surface area is 130 Å². The van der Waals surface area contributed by atoms with E-state index >= 15 is 0 Å². The third-order valence-electron chi connectivity index (χ3n) is 3.31. The standard InChI is InChI=1S/C15H23N5S/c1-11-7-6-8-12(9-11)13(19(2)3)10-16-15-17-14(18-21-15)20(4)5/h6-9,13H,10H2,1-5H3,(H,16,17,18). The third kappa shape index (κ3) is 4.15. The lowest BCUT2D eigenvalue weighted by molar-refractivity contribution is 0.311. The molecule has 6 heteroatoms. The summed E-state index contributed by atoms with van der Waals surface area (Å²) in [6, 6.07) is 8.94. The molecule has 0 aliphatic carbocycles. The van der Waals surface area contributed by atoms with Crippen LogP contribution in [-0.4, -0.2) is 49.0 Å². The summed E-state index contributed by atoms with van der Waals surface area (Å²) >= 11 is 1.40. The molecule has 21 heavy (non-hydrogen) atoms. The van der Waals surface area contributed by atoms with Crippen LogP contribution in [0.1, 0.15) is 17.2 Å². The van der Waals surface area contributed by atoms with Gasteiger partial charge < -0.3 is 15.1 Å². The Morgan fingerprint density at radius 1 is 1.24 bits per heavy atom. The first kappa shape index (κ1) is 15.7. The van der Waals surface area contributed by atoms with E-state index in [0.717, 1.165) is 17.6 Å². The lowest BCUT2D eigenvalue weighted by Gasteiger charge is -2.25. The molecule has 1 atom stereocenters. The van der Waals surface area contributed by atoms with E-state index in [4.69, 9.17) is 0 Å². The Balaban J connectivity index is 2.06. The molecule has 1 N–H and O–H groups in total. The fourth-order valence-corrected chi connectivity index (χ4v) is 2.77. The minimum absolute atomic E-state index is 0.302. The molecular formula is C15H23N5S. The Hall–Kier alpha value is -1.66. The molecule has 1 aromatic carbocycles. The number of hydrogen-bond donors (Lipinski definition) is 1. The highest BCUT2D eigenvalue weighted by Crippen LogP contribution is 2.22. The number of hydrogen-bond acceptors (Lipinski definition) is 6. The molecule has 0 bridgehead atoms. The number of aryl methyl sites for hydroxylation is 1. The number of benzene rings is 1. The second-order valence-corrected chi connectivity index (χ2v) is 6.32. The van der Waals surface area contributed by atoms with Crippen molar-refractivity contribution in [1.29, 1.82) is 0 Å². The van der Waals surface area contributed by atoms with Crippen molar-refractivity contribution in [3.63, 3.8) is 0 Å². The SMILES string of the molecule is Cc1cccc(C(CNc2nc(N(C)C)ns2)N(C)C)c1. The maximum Gasteiger partial charge on any atom is 0.238 e. The van der Waals surface area contributed by atoms with Crippen LogP contribution in [-0.2, 0) is 0 Å². The molecule has 5 nitrogen and oxygen atoms in total. The number of likely N-dealkylation sites (N-methyl/N-ethyl adjacent to an activating group) is 1. The minimum Gasteiger partial charge on any atom is -0.358 e. The van der Waals surface area contributed by atoms with Gasteiger partial charge in [-0.25, -0.2) is 0 Å². The van der Waals surface area contributed by atoms with Gasteiger partial charge in [-0.2, -0.15) is 9.36 Å². The van der Waals surface area contributed by atoms with E-state index in [9.17, 15) is 0 Å². The normalized spacial score (nSPS) is 12.5. The van der Waals surface area contributed by atoms with Crippen molar-refractivity contribution in [3.8, 4) is 0 Å². The van der Waals surface area contributed by atoms with Gasteiger partial charge in [-0.3, -0.25) is 0 Å². The van der Waals surface area contributed by atoms with E-state index < -0.39 is 0 Å². The number of anilines is 2. The van der Waals surface area contributed by atoms with Gasteiger partial charge in [0.25, 0.3) is 0 Å². The smallest absolute Gasteiger partial charge is 0.238 e. The first-order chi connectivity index (χ1) is 9.97.